The summed E-state index contributed by atoms with van der Waals surface area (Å²) in [6.07, 6.45) is 8.34. The maximum absolute atomic E-state index is 5.29. The standard InChI is InChI=1S/C39H32N2Si/c1-29-17-16-28-41-37(29)39-36(31-20-8-3-9-21-31)35(30-18-6-2-7-19-30)38(34-26-14-15-27-40-34)42(39,32-22-10-4-11-23-32)33-24-12-5-13-25-33/h2-29,37H,1H3. The van der Waals surface area contributed by atoms with Crippen molar-refractivity contribution in [3.8, 4) is 0 Å². The van der Waals surface area contributed by atoms with Gasteiger partial charge in [0.1, 0.15) is 0 Å². The maximum Gasteiger partial charge on any atom is 0.181 e. The Bertz CT molecular complexity index is 1770. The van der Waals surface area contributed by atoms with Crippen LogP contribution in [-0.4, -0.2) is 25.3 Å². The minimum atomic E-state index is -2.96. The van der Waals surface area contributed by atoms with Crippen molar-refractivity contribution >= 4 is 41.0 Å². The molecule has 42 heavy (non-hydrogen) atoms. The highest BCUT2D eigenvalue weighted by Gasteiger charge is 2.55. The molecule has 0 N–H and O–H groups in total. The second-order valence-electron chi connectivity index (χ2n) is 11.0. The van der Waals surface area contributed by atoms with E-state index in [1.807, 2.05) is 18.5 Å². The van der Waals surface area contributed by atoms with Gasteiger partial charge in [0.05, 0.1) is 11.7 Å². The summed E-state index contributed by atoms with van der Waals surface area (Å²) in [5.41, 5.74) is 6.02. The number of aromatic nitrogens is 1. The first kappa shape index (κ1) is 26.1. The van der Waals surface area contributed by atoms with E-state index in [0.29, 0.717) is 0 Å². The van der Waals surface area contributed by atoms with Gasteiger partial charge in [0, 0.05) is 18.3 Å². The molecule has 2 nitrogen and oxygen atoms in total. The third kappa shape index (κ3) is 4.25. The molecule has 3 heterocycles. The van der Waals surface area contributed by atoms with E-state index in [-0.39, 0.29) is 12.0 Å². The summed E-state index contributed by atoms with van der Waals surface area (Å²) in [4.78, 5) is 10.4. The molecule has 4 aromatic carbocycles. The Morgan fingerprint density at radius 1 is 0.571 bits per heavy atom. The quantitative estimate of drug-likeness (QED) is 0.200. The zero-order valence-electron chi connectivity index (χ0n) is 23.6. The fraction of sp³-hybridized carbons (Fsp3) is 0.0769. The zero-order valence-corrected chi connectivity index (χ0v) is 24.6. The van der Waals surface area contributed by atoms with Gasteiger partial charge in [0.15, 0.2) is 8.07 Å². The summed E-state index contributed by atoms with van der Waals surface area (Å²) in [5.74, 6) is 0.239. The molecule has 0 bridgehead atoms. The van der Waals surface area contributed by atoms with Crippen LogP contribution in [0.25, 0.3) is 16.3 Å². The fourth-order valence-corrected chi connectivity index (χ4v) is 12.6. The van der Waals surface area contributed by atoms with Crippen LogP contribution in [-0.2, 0) is 0 Å². The van der Waals surface area contributed by atoms with Crippen LogP contribution >= 0.6 is 0 Å². The summed E-state index contributed by atoms with van der Waals surface area (Å²) in [5, 5.41) is 5.46. The van der Waals surface area contributed by atoms with Crippen LogP contribution in [0, 0.1) is 5.92 Å². The smallest absolute Gasteiger partial charge is 0.181 e. The molecule has 2 unspecified atom stereocenters. The summed E-state index contributed by atoms with van der Waals surface area (Å²) in [6.45, 7) is 2.31. The first-order valence-corrected chi connectivity index (χ1v) is 16.6. The Hall–Kier alpha value is -4.86. The van der Waals surface area contributed by atoms with Crippen LogP contribution in [0.2, 0.25) is 0 Å². The summed E-state index contributed by atoms with van der Waals surface area (Å²) in [6, 6.07) is 50.6. The van der Waals surface area contributed by atoms with E-state index in [1.165, 1.54) is 43.0 Å². The maximum atomic E-state index is 5.29. The van der Waals surface area contributed by atoms with Gasteiger partial charge in [0.2, 0.25) is 0 Å². The van der Waals surface area contributed by atoms with Gasteiger partial charge < -0.3 is 0 Å². The number of nitrogens with zero attached hydrogens (tertiary/aromatic N) is 2. The Kier molecular flexibility index (Phi) is 6.94. The number of aliphatic imine (C=N–C) groups is 1. The Balaban J connectivity index is 1.75. The van der Waals surface area contributed by atoms with Gasteiger partial charge in [-0.25, -0.2) is 0 Å². The van der Waals surface area contributed by atoms with Crippen molar-refractivity contribution in [2.24, 2.45) is 10.9 Å². The summed E-state index contributed by atoms with van der Waals surface area (Å²) < 4.78 is 0. The molecule has 3 heteroatoms. The van der Waals surface area contributed by atoms with Crippen LogP contribution in [0.1, 0.15) is 23.7 Å². The fourth-order valence-electron chi connectivity index (χ4n) is 6.86. The van der Waals surface area contributed by atoms with Gasteiger partial charge in [-0.1, -0.05) is 140 Å². The van der Waals surface area contributed by atoms with Crippen molar-refractivity contribution in [1.82, 2.24) is 4.98 Å². The molecule has 0 amide bonds. The lowest BCUT2D eigenvalue weighted by atomic mass is 9.87. The second kappa shape index (κ2) is 11.2. The normalized spacial score (nSPS) is 19.4. The number of benzene rings is 4. The summed E-state index contributed by atoms with van der Waals surface area (Å²) >= 11 is 0. The molecule has 5 aromatic rings. The van der Waals surface area contributed by atoms with Gasteiger partial charge in [-0.15, -0.1) is 0 Å². The molecule has 0 aliphatic carbocycles. The largest absolute Gasteiger partial charge is 0.285 e. The van der Waals surface area contributed by atoms with E-state index in [1.54, 1.807) is 0 Å². The predicted octanol–water partition coefficient (Wildman–Crippen LogP) is 7.45. The number of pyridine rings is 1. The average molecular weight is 557 g/mol. The van der Waals surface area contributed by atoms with Crippen molar-refractivity contribution in [2.75, 3.05) is 0 Å². The third-order valence-corrected chi connectivity index (χ3v) is 13.6. The van der Waals surface area contributed by atoms with Crippen molar-refractivity contribution < 1.29 is 0 Å². The topological polar surface area (TPSA) is 25.2 Å². The Morgan fingerprint density at radius 2 is 1.10 bits per heavy atom. The molecule has 2 atom stereocenters. The molecule has 202 valence electrons. The van der Waals surface area contributed by atoms with Gasteiger partial charge >= 0.3 is 0 Å². The van der Waals surface area contributed by atoms with Crippen molar-refractivity contribution in [2.45, 2.75) is 13.0 Å². The van der Waals surface area contributed by atoms with Crippen molar-refractivity contribution in [1.29, 1.82) is 0 Å². The minimum absolute atomic E-state index is 0.0165. The van der Waals surface area contributed by atoms with E-state index in [0.717, 1.165) is 5.69 Å². The SMILES string of the molecule is CC1C=CC=NC1C1=C(c2ccccc2)C(c2ccccc2)=C(c2ccccn2)[Si]1(c1ccccc1)c1ccccc1. The highest BCUT2D eigenvalue weighted by Crippen LogP contribution is 2.54. The van der Waals surface area contributed by atoms with E-state index < -0.39 is 8.07 Å². The lowest BCUT2D eigenvalue weighted by molar-refractivity contribution is 0.620. The van der Waals surface area contributed by atoms with Crippen LogP contribution < -0.4 is 10.4 Å². The average Bonchev–Trinajstić information content (AvgIpc) is 3.39. The van der Waals surface area contributed by atoms with E-state index in [9.17, 15) is 0 Å². The van der Waals surface area contributed by atoms with Gasteiger partial charge in [-0.05, 0) is 61.2 Å². The van der Waals surface area contributed by atoms with Crippen molar-refractivity contribution in [3.63, 3.8) is 0 Å². The van der Waals surface area contributed by atoms with Crippen molar-refractivity contribution in [3.05, 3.63) is 180 Å². The molecule has 2 aliphatic heterocycles. The molecule has 1 aromatic heterocycles. The monoisotopic (exact) mass is 556 g/mol. The Morgan fingerprint density at radius 3 is 1.62 bits per heavy atom. The van der Waals surface area contributed by atoms with Gasteiger partial charge in [0.25, 0.3) is 0 Å². The van der Waals surface area contributed by atoms with Crippen LogP contribution in [0.3, 0.4) is 0 Å². The predicted molar refractivity (Wildman–Crippen MR) is 179 cm³/mol. The van der Waals surface area contributed by atoms with E-state index >= 15 is 0 Å². The first-order chi connectivity index (χ1) is 20.8. The first-order valence-electron chi connectivity index (χ1n) is 14.6. The highest BCUT2D eigenvalue weighted by atomic mass is 28.3. The molecule has 2 aliphatic rings. The molecule has 7 rings (SSSR count). The number of rotatable bonds is 6. The van der Waals surface area contributed by atoms with Gasteiger partial charge in [-0.2, -0.15) is 0 Å². The van der Waals surface area contributed by atoms with E-state index in [4.69, 9.17) is 9.98 Å². The van der Waals surface area contributed by atoms with Crippen LogP contribution in [0.4, 0.5) is 0 Å². The molecular weight excluding hydrogens is 525 g/mol. The second-order valence-corrected chi connectivity index (χ2v) is 14.6. The number of hydrogen-bond donors (Lipinski definition) is 0. The minimum Gasteiger partial charge on any atom is -0.285 e. The van der Waals surface area contributed by atoms with Gasteiger partial charge in [-0.3, -0.25) is 9.98 Å². The van der Waals surface area contributed by atoms with E-state index in [2.05, 4.69) is 153 Å². The Labute approximate surface area is 249 Å². The number of dihydropyridines is 1. The van der Waals surface area contributed by atoms with Crippen LogP contribution in [0.5, 0.6) is 0 Å². The zero-order chi connectivity index (χ0) is 28.4. The summed E-state index contributed by atoms with van der Waals surface area (Å²) in [7, 11) is -2.96. The van der Waals surface area contributed by atoms with Crippen LogP contribution in [0.15, 0.2) is 168 Å². The number of allylic oxidation sites excluding steroid dienone is 3. The molecule has 0 radical (unpaired) electrons. The molecule has 0 saturated carbocycles. The molecular formula is C39H32N2Si. The third-order valence-electron chi connectivity index (χ3n) is 8.55. The molecule has 0 fully saturated rings. The highest BCUT2D eigenvalue weighted by molar-refractivity contribution is 7.22. The lowest BCUT2D eigenvalue weighted by Crippen LogP contribution is -2.62. The number of hydrogen-bond acceptors (Lipinski definition) is 2. The molecule has 0 saturated heterocycles. The lowest BCUT2D eigenvalue weighted by Gasteiger charge is -2.39. The molecule has 0 spiro atoms.